The first-order valence-electron chi connectivity index (χ1n) is 10.00. The maximum absolute atomic E-state index is 12.4. The highest BCUT2D eigenvalue weighted by Gasteiger charge is 2.13. The molecule has 0 radical (unpaired) electrons. The van der Waals surface area contributed by atoms with Gasteiger partial charge in [-0.25, -0.2) is 13.1 Å². The summed E-state index contributed by atoms with van der Waals surface area (Å²) in [6, 6.07) is 13.0. The molecule has 8 heteroatoms. The van der Waals surface area contributed by atoms with Crippen LogP contribution in [0.25, 0.3) is 10.9 Å². The summed E-state index contributed by atoms with van der Waals surface area (Å²) < 4.78 is 28.8. The SMILES string of the molecule is Cc1ccc2c(cnn2CCC(=O)Nc2cccc(CS(=O)(=O)NCC(C)C)c2)c1. The highest BCUT2D eigenvalue weighted by Crippen LogP contribution is 2.17. The van der Waals surface area contributed by atoms with Gasteiger partial charge in [0.1, 0.15) is 0 Å². The molecule has 2 N–H and O–H groups in total. The van der Waals surface area contributed by atoms with Crippen molar-refractivity contribution in [1.82, 2.24) is 14.5 Å². The number of rotatable bonds is 9. The van der Waals surface area contributed by atoms with E-state index in [0.717, 1.165) is 10.9 Å². The number of amides is 1. The molecule has 0 aliphatic carbocycles. The van der Waals surface area contributed by atoms with Gasteiger partial charge in [-0.15, -0.1) is 0 Å². The van der Waals surface area contributed by atoms with Crippen molar-refractivity contribution in [3.63, 3.8) is 0 Å². The van der Waals surface area contributed by atoms with Gasteiger partial charge in [-0.05, 0) is 42.7 Å². The lowest BCUT2D eigenvalue weighted by atomic mass is 10.2. The van der Waals surface area contributed by atoms with E-state index in [1.807, 2.05) is 37.6 Å². The molecule has 0 aliphatic rings. The number of carbonyl (C=O) groups is 1. The predicted octanol–water partition coefficient (Wildman–Crippen LogP) is 3.45. The van der Waals surface area contributed by atoms with Crippen LogP contribution < -0.4 is 10.0 Å². The Balaban J connectivity index is 1.58. The average Bonchev–Trinajstić information content (AvgIpc) is 3.07. The Hall–Kier alpha value is -2.71. The van der Waals surface area contributed by atoms with Crippen LogP contribution in [0.2, 0.25) is 0 Å². The van der Waals surface area contributed by atoms with Crippen molar-refractivity contribution in [2.45, 2.75) is 39.5 Å². The van der Waals surface area contributed by atoms with Crippen LogP contribution in [-0.4, -0.2) is 30.7 Å². The minimum absolute atomic E-state index is 0.123. The van der Waals surface area contributed by atoms with E-state index in [1.54, 1.807) is 30.5 Å². The quantitative estimate of drug-likeness (QED) is 0.546. The summed E-state index contributed by atoms with van der Waals surface area (Å²) >= 11 is 0. The topological polar surface area (TPSA) is 93.1 Å². The molecule has 0 saturated heterocycles. The summed E-state index contributed by atoms with van der Waals surface area (Å²) in [6.07, 6.45) is 2.07. The molecule has 0 bridgehead atoms. The van der Waals surface area contributed by atoms with E-state index < -0.39 is 10.0 Å². The van der Waals surface area contributed by atoms with Gasteiger partial charge in [0.2, 0.25) is 15.9 Å². The first-order chi connectivity index (χ1) is 14.2. The standard InChI is InChI=1S/C22H28N4O3S/c1-16(2)13-24-30(28,29)15-18-5-4-6-20(12-18)25-22(27)9-10-26-21-8-7-17(3)11-19(21)14-23-26/h4-8,11-12,14,16,24H,9-10,13,15H2,1-3H3,(H,25,27). The molecule has 0 atom stereocenters. The molecular weight excluding hydrogens is 400 g/mol. The van der Waals surface area contributed by atoms with E-state index in [9.17, 15) is 13.2 Å². The van der Waals surface area contributed by atoms with Crippen LogP contribution >= 0.6 is 0 Å². The summed E-state index contributed by atoms with van der Waals surface area (Å²) in [5, 5.41) is 8.26. The van der Waals surface area contributed by atoms with Crippen molar-refractivity contribution in [3.05, 3.63) is 59.8 Å². The van der Waals surface area contributed by atoms with Crippen LogP contribution in [0, 0.1) is 12.8 Å². The fraction of sp³-hybridized carbons (Fsp3) is 0.364. The summed E-state index contributed by atoms with van der Waals surface area (Å²) in [4.78, 5) is 12.4. The summed E-state index contributed by atoms with van der Waals surface area (Å²) in [7, 11) is -3.41. The molecule has 0 saturated carbocycles. The molecule has 0 fully saturated rings. The van der Waals surface area contributed by atoms with E-state index in [2.05, 4.69) is 21.2 Å². The maximum atomic E-state index is 12.4. The minimum atomic E-state index is -3.41. The summed E-state index contributed by atoms with van der Waals surface area (Å²) in [5.74, 6) is -0.0349. The molecule has 160 valence electrons. The van der Waals surface area contributed by atoms with Gasteiger partial charge >= 0.3 is 0 Å². The third kappa shape index (κ3) is 6.14. The third-order valence-corrected chi connectivity index (χ3v) is 5.95. The average molecular weight is 429 g/mol. The Kier molecular flexibility index (Phi) is 6.89. The molecule has 0 unspecified atom stereocenters. The van der Waals surface area contributed by atoms with Crippen molar-refractivity contribution in [2.75, 3.05) is 11.9 Å². The van der Waals surface area contributed by atoms with E-state index >= 15 is 0 Å². The molecule has 7 nitrogen and oxygen atoms in total. The zero-order valence-electron chi connectivity index (χ0n) is 17.6. The summed E-state index contributed by atoms with van der Waals surface area (Å²) in [6.45, 7) is 6.80. The Labute approximate surface area is 177 Å². The molecule has 1 amide bonds. The van der Waals surface area contributed by atoms with Crippen LogP contribution in [0.4, 0.5) is 5.69 Å². The van der Waals surface area contributed by atoms with E-state index in [0.29, 0.717) is 24.3 Å². The Morgan fingerprint density at radius 3 is 2.73 bits per heavy atom. The van der Waals surface area contributed by atoms with Crippen LogP contribution in [0.15, 0.2) is 48.7 Å². The number of hydrogen-bond acceptors (Lipinski definition) is 4. The van der Waals surface area contributed by atoms with Gasteiger partial charge in [-0.2, -0.15) is 5.10 Å². The highest BCUT2D eigenvalue weighted by molar-refractivity contribution is 7.88. The minimum Gasteiger partial charge on any atom is -0.326 e. The van der Waals surface area contributed by atoms with Gasteiger partial charge in [0, 0.05) is 24.0 Å². The molecule has 2 aromatic carbocycles. The van der Waals surface area contributed by atoms with Crippen LogP contribution in [0.5, 0.6) is 0 Å². The van der Waals surface area contributed by atoms with E-state index in [1.165, 1.54) is 5.56 Å². The Morgan fingerprint density at radius 1 is 1.17 bits per heavy atom. The van der Waals surface area contributed by atoms with Gasteiger partial charge in [0.25, 0.3) is 0 Å². The van der Waals surface area contributed by atoms with Crippen LogP contribution in [0.3, 0.4) is 0 Å². The predicted molar refractivity (Wildman–Crippen MR) is 120 cm³/mol. The number of benzene rings is 2. The highest BCUT2D eigenvalue weighted by atomic mass is 32.2. The maximum Gasteiger partial charge on any atom is 0.226 e. The smallest absolute Gasteiger partial charge is 0.226 e. The number of carbonyl (C=O) groups excluding carboxylic acids is 1. The number of sulfonamides is 1. The molecule has 30 heavy (non-hydrogen) atoms. The zero-order chi connectivity index (χ0) is 21.7. The molecule has 1 aromatic heterocycles. The zero-order valence-corrected chi connectivity index (χ0v) is 18.4. The molecule has 0 spiro atoms. The van der Waals surface area contributed by atoms with Crippen LogP contribution in [-0.2, 0) is 27.1 Å². The first kappa shape index (κ1) is 22.0. The van der Waals surface area contributed by atoms with Crippen molar-refractivity contribution >= 4 is 32.5 Å². The van der Waals surface area contributed by atoms with Gasteiger partial charge < -0.3 is 5.32 Å². The first-order valence-corrected chi connectivity index (χ1v) is 11.7. The Bertz CT molecular complexity index is 1140. The largest absolute Gasteiger partial charge is 0.326 e. The number of hydrogen-bond donors (Lipinski definition) is 2. The number of aromatic nitrogens is 2. The lowest BCUT2D eigenvalue weighted by Gasteiger charge is -2.10. The van der Waals surface area contributed by atoms with Crippen molar-refractivity contribution in [1.29, 1.82) is 0 Å². The monoisotopic (exact) mass is 428 g/mol. The van der Waals surface area contributed by atoms with Gasteiger partial charge in [0.05, 0.1) is 24.0 Å². The lowest BCUT2D eigenvalue weighted by Crippen LogP contribution is -2.28. The number of fused-ring (bicyclic) bond motifs is 1. The molecule has 1 heterocycles. The molecular formula is C22H28N4O3S. The molecule has 3 rings (SSSR count). The normalized spacial score (nSPS) is 11.9. The lowest BCUT2D eigenvalue weighted by molar-refractivity contribution is -0.116. The second-order valence-electron chi connectivity index (χ2n) is 7.93. The number of nitrogens with one attached hydrogen (secondary N) is 2. The van der Waals surface area contributed by atoms with Crippen molar-refractivity contribution in [3.8, 4) is 0 Å². The Morgan fingerprint density at radius 2 is 1.97 bits per heavy atom. The van der Waals surface area contributed by atoms with Gasteiger partial charge in [0.15, 0.2) is 0 Å². The second kappa shape index (κ2) is 9.40. The van der Waals surface area contributed by atoms with Crippen molar-refractivity contribution < 1.29 is 13.2 Å². The summed E-state index contributed by atoms with van der Waals surface area (Å²) in [5.41, 5.74) is 3.37. The van der Waals surface area contributed by atoms with E-state index in [4.69, 9.17) is 0 Å². The molecule has 3 aromatic rings. The number of aryl methyl sites for hydroxylation is 2. The van der Waals surface area contributed by atoms with Crippen LogP contribution in [0.1, 0.15) is 31.4 Å². The van der Waals surface area contributed by atoms with Crippen molar-refractivity contribution in [2.24, 2.45) is 5.92 Å². The third-order valence-electron chi connectivity index (χ3n) is 4.63. The van der Waals surface area contributed by atoms with Gasteiger partial charge in [-0.3, -0.25) is 9.48 Å². The van der Waals surface area contributed by atoms with Gasteiger partial charge in [-0.1, -0.05) is 37.6 Å². The second-order valence-corrected chi connectivity index (χ2v) is 9.74. The fourth-order valence-corrected chi connectivity index (χ4v) is 4.43. The molecule has 0 aliphatic heterocycles. The number of anilines is 1. The van der Waals surface area contributed by atoms with E-state index in [-0.39, 0.29) is 24.0 Å². The fourth-order valence-electron chi connectivity index (χ4n) is 3.12. The number of nitrogens with zero attached hydrogens (tertiary/aromatic N) is 2.